The van der Waals surface area contributed by atoms with Gasteiger partial charge in [-0.25, -0.2) is 0 Å². The maximum absolute atomic E-state index is 9.32. The van der Waals surface area contributed by atoms with E-state index in [1.165, 1.54) is 0 Å². The summed E-state index contributed by atoms with van der Waals surface area (Å²) in [5, 5.41) is 13.2. The number of likely N-dealkylation sites (tertiary alicyclic amines) is 1. The van der Waals surface area contributed by atoms with Gasteiger partial charge < -0.3 is 15.3 Å². The van der Waals surface area contributed by atoms with Crippen molar-refractivity contribution in [2.75, 3.05) is 25.5 Å². The summed E-state index contributed by atoms with van der Waals surface area (Å²) in [7, 11) is 2.15. The second kappa shape index (κ2) is 4.93. The number of piperidine rings is 1. The van der Waals surface area contributed by atoms with Gasteiger partial charge in [0, 0.05) is 11.7 Å². The lowest BCUT2D eigenvalue weighted by Gasteiger charge is -2.30. The van der Waals surface area contributed by atoms with Crippen molar-refractivity contribution in [2.45, 2.75) is 18.9 Å². The molecule has 0 amide bonds. The van der Waals surface area contributed by atoms with Crippen LogP contribution in [0.15, 0.2) is 18.2 Å². The fraction of sp³-hybridized carbons (Fsp3) is 0.500. The number of halogens is 1. The number of benzene rings is 1. The first-order chi connectivity index (χ1) is 7.65. The molecule has 1 aromatic carbocycles. The van der Waals surface area contributed by atoms with Crippen molar-refractivity contribution in [1.82, 2.24) is 4.90 Å². The Morgan fingerprint density at radius 1 is 1.38 bits per heavy atom. The molecule has 2 N–H and O–H groups in total. The van der Waals surface area contributed by atoms with Crippen LogP contribution in [0.4, 0.5) is 5.69 Å². The smallest absolute Gasteiger partial charge is 0.134 e. The van der Waals surface area contributed by atoms with Crippen LogP contribution < -0.4 is 5.32 Å². The van der Waals surface area contributed by atoms with E-state index in [0.717, 1.165) is 31.6 Å². The summed E-state index contributed by atoms with van der Waals surface area (Å²) < 4.78 is 0. The van der Waals surface area contributed by atoms with Crippen molar-refractivity contribution < 1.29 is 5.11 Å². The molecule has 4 heteroatoms. The predicted molar refractivity (Wildman–Crippen MR) is 67.3 cm³/mol. The fourth-order valence-corrected chi connectivity index (χ4v) is 2.17. The number of phenolic OH excluding ortho intramolecular Hbond substituents is 1. The van der Waals surface area contributed by atoms with Crippen molar-refractivity contribution in [3.05, 3.63) is 23.2 Å². The van der Waals surface area contributed by atoms with Gasteiger partial charge in [-0.2, -0.15) is 0 Å². The molecular weight excluding hydrogens is 224 g/mol. The number of phenols is 1. The minimum Gasteiger partial charge on any atom is -0.506 e. The molecule has 0 aromatic heterocycles. The highest BCUT2D eigenvalue weighted by Gasteiger charge is 2.16. The Hall–Kier alpha value is -0.930. The van der Waals surface area contributed by atoms with E-state index in [1.54, 1.807) is 12.1 Å². The molecule has 1 fully saturated rings. The summed E-state index contributed by atoms with van der Waals surface area (Å²) in [4.78, 5) is 2.34. The predicted octanol–water partition coefficient (Wildman–Crippen LogP) is 2.55. The zero-order valence-electron chi connectivity index (χ0n) is 9.41. The largest absolute Gasteiger partial charge is 0.506 e. The van der Waals surface area contributed by atoms with E-state index in [2.05, 4.69) is 17.3 Å². The van der Waals surface area contributed by atoms with Gasteiger partial charge in [0.05, 0.1) is 5.02 Å². The number of rotatable bonds is 2. The maximum Gasteiger partial charge on any atom is 0.134 e. The second-order valence-electron chi connectivity index (χ2n) is 4.39. The first-order valence-electron chi connectivity index (χ1n) is 5.59. The van der Waals surface area contributed by atoms with Crippen molar-refractivity contribution >= 4 is 17.3 Å². The molecule has 0 saturated carbocycles. The van der Waals surface area contributed by atoms with Gasteiger partial charge in [-0.05, 0) is 51.2 Å². The first kappa shape index (κ1) is 11.6. The molecule has 3 nitrogen and oxygen atoms in total. The lowest BCUT2D eigenvalue weighted by Crippen LogP contribution is -2.36. The molecule has 1 saturated heterocycles. The van der Waals surface area contributed by atoms with Crippen LogP contribution in [0.2, 0.25) is 5.02 Å². The quantitative estimate of drug-likeness (QED) is 0.780. The molecule has 0 unspecified atom stereocenters. The van der Waals surface area contributed by atoms with Gasteiger partial charge >= 0.3 is 0 Å². The summed E-state index contributed by atoms with van der Waals surface area (Å²) in [6.45, 7) is 2.26. The third kappa shape index (κ3) is 2.80. The Labute approximate surface area is 101 Å². The molecule has 1 heterocycles. The van der Waals surface area contributed by atoms with E-state index in [1.807, 2.05) is 6.07 Å². The average molecular weight is 241 g/mol. The monoisotopic (exact) mass is 240 g/mol. The molecule has 0 radical (unpaired) electrons. The highest BCUT2D eigenvalue weighted by atomic mass is 35.5. The zero-order valence-corrected chi connectivity index (χ0v) is 10.2. The highest BCUT2D eigenvalue weighted by molar-refractivity contribution is 6.32. The Balaban J connectivity index is 1.96. The van der Waals surface area contributed by atoms with Gasteiger partial charge in [-0.3, -0.25) is 0 Å². The van der Waals surface area contributed by atoms with Gasteiger partial charge in [0.2, 0.25) is 0 Å². The van der Waals surface area contributed by atoms with Crippen LogP contribution in [-0.4, -0.2) is 36.2 Å². The van der Waals surface area contributed by atoms with E-state index >= 15 is 0 Å². The summed E-state index contributed by atoms with van der Waals surface area (Å²) in [5.41, 5.74) is 0.984. The van der Waals surface area contributed by atoms with E-state index < -0.39 is 0 Å². The van der Waals surface area contributed by atoms with Crippen LogP contribution >= 0.6 is 11.6 Å². The van der Waals surface area contributed by atoms with Gasteiger partial charge in [-0.1, -0.05) is 11.6 Å². The van der Waals surface area contributed by atoms with Crippen LogP contribution in [0.1, 0.15) is 12.8 Å². The molecule has 0 atom stereocenters. The molecule has 2 rings (SSSR count). The molecule has 0 bridgehead atoms. The van der Waals surface area contributed by atoms with Crippen molar-refractivity contribution in [3.63, 3.8) is 0 Å². The number of nitrogens with one attached hydrogen (secondary N) is 1. The van der Waals surface area contributed by atoms with Gasteiger partial charge in [-0.15, -0.1) is 0 Å². The minimum atomic E-state index is 0.135. The van der Waals surface area contributed by atoms with Crippen LogP contribution in [-0.2, 0) is 0 Å². The zero-order chi connectivity index (χ0) is 11.5. The second-order valence-corrected chi connectivity index (χ2v) is 4.80. The fourth-order valence-electron chi connectivity index (χ4n) is 1.99. The third-order valence-corrected chi connectivity index (χ3v) is 3.34. The van der Waals surface area contributed by atoms with Gasteiger partial charge in [0.15, 0.2) is 0 Å². The average Bonchev–Trinajstić information content (AvgIpc) is 2.27. The molecule has 0 aliphatic carbocycles. The lowest BCUT2D eigenvalue weighted by atomic mass is 10.1. The minimum absolute atomic E-state index is 0.135. The summed E-state index contributed by atoms with van der Waals surface area (Å²) in [6, 6.07) is 5.77. The molecule has 1 aliphatic rings. The SMILES string of the molecule is CN1CCC(Nc2ccc(O)c(Cl)c2)CC1. The Bertz CT molecular complexity index is 362. The molecule has 1 aromatic rings. The van der Waals surface area contributed by atoms with E-state index in [9.17, 15) is 5.11 Å². The number of aromatic hydroxyl groups is 1. The molecule has 16 heavy (non-hydrogen) atoms. The van der Waals surface area contributed by atoms with E-state index in [-0.39, 0.29) is 5.75 Å². The van der Waals surface area contributed by atoms with Gasteiger partial charge in [0.1, 0.15) is 5.75 Å². The number of hydrogen-bond acceptors (Lipinski definition) is 3. The Morgan fingerprint density at radius 2 is 2.06 bits per heavy atom. The third-order valence-electron chi connectivity index (χ3n) is 3.04. The highest BCUT2D eigenvalue weighted by Crippen LogP contribution is 2.27. The topological polar surface area (TPSA) is 35.5 Å². The van der Waals surface area contributed by atoms with Crippen LogP contribution in [0, 0.1) is 0 Å². The maximum atomic E-state index is 9.32. The molecule has 0 spiro atoms. The van der Waals surface area contributed by atoms with E-state index in [0.29, 0.717) is 11.1 Å². The normalized spacial score (nSPS) is 18.6. The van der Waals surface area contributed by atoms with Crippen LogP contribution in [0.3, 0.4) is 0 Å². The standard InChI is InChI=1S/C12H17ClN2O/c1-15-6-4-9(5-7-15)14-10-2-3-12(16)11(13)8-10/h2-3,8-9,14,16H,4-7H2,1H3. The Kier molecular flexibility index (Phi) is 3.56. The molecule has 1 aliphatic heterocycles. The Morgan fingerprint density at radius 3 is 2.69 bits per heavy atom. The summed E-state index contributed by atoms with van der Waals surface area (Å²) >= 11 is 5.86. The number of anilines is 1. The first-order valence-corrected chi connectivity index (χ1v) is 5.96. The molecular formula is C12H17ClN2O. The molecule has 88 valence electrons. The van der Waals surface area contributed by atoms with Crippen LogP contribution in [0.25, 0.3) is 0 Å². The van der Waals surface area contributed by atoms with Crippen LogP contribution in [0.5, 0.6) is 5.75 Å². The number of hydrogen-bond donors (Lipinski definition) is 2. The summed E-state index contributed by atoms with van der Waals surface area (Å²) in [5.74, 6) is 0.135. The van der Waals surface area contributed by atoms with Crippen molar-refractivity contribution in [3.8, 4) is 5.75 Å². The lowest BCUT2D eigenvalue weighted by molar-refractivity contribution is 0.264. The number of nitrogens with zero attached hydrogens (tertiary/aromatic N) is 1. The van der Waals surface area contributed by atoms with Gasteiger partial charge in [0.25, 0.3) is 0 Å². The van der Waals surface area contributed by atoms with Crippen molar-refractivity contribution in [1.29, 1.82) is 0 Å². The summed E-state index contributed by atoms with van der Waals surface area (Å²) in [6.07, 6.45) is 2.30. The van der Waals surface area contributed by atoms with E-state index in [4.69, 9.17) is 11.6 Å². The van der Waals surface area contributed by atoms with Crippen molar-refractivity contribution in [2.24, 2.45) is 0 Å².